The van der Waals surface area contributed by atoms with Crippen molar-refractivity contribution >= 4 is 26.1 Å². The summed E-state index contributed by atoms with van der Waals surface area (Å²) >= 11 is 6.22. The number of rotatable bonds is 8. The Labute approximate surface area is 154 Å². The van der Waals surface area contributed by atoms with E-state index in [1.54, 1.807) is 26.0 Å². The van der Waals surface area contributed by atoms with Crippen molar-refractivity contribution in [3.8, 4) is 11.5 Å². The van der Waals surface area contributed by atoms with Gasteiger partial charge in [0.2, 0.25) is 0 Å². The number of carbonyl (C=O) groups excluding carboxylic acids is 1. The Kier molecular flexibility index (Phi) is 7.51. The van der Waals surface area contributed by atoms with E-state index >= 15 is 0 Å². The summed E-state index contributed by atoms with van der Waals surface area (Å²) < 4.78 is 16.8. The minimum Gasteiger partial charge on any atom is -0.462 e. The summed E-state index contributed by atoms with van der Waals surface area (Å²) in [4.78, 5) is 11.8. The van der Waals surface area contributed by atoms with Crippen molar-refractivity contribution < 1.29 is 18.6 Å². The van der Waals surface area contributed by atoms with Crippen molar-refractivity contribution in [2.75, 3.05) is 6.54 Å². The van der Waals surface area contributed by atoms with Crippen LogP contribution in [0, 0.1) is 6.92 Å². The molecule has 2 rings (SSSR count). The Morgan fingerprint density at radius 2 is 1.88 bits per heavy atom. The smallest absolute Gasteiger partial charge is 0.382 e. The molecule has 7 heteroatoms. The zero-order chi connectivity index (χ0) is 18.2. The summed E-state index contributed by atoms with van der Waals surface area (Å²) in [5.74, 6) is 0.735. The second-order valence-corrected chi connectivity index (χ2v) is 7.16. The van der Waals surface area contributed by atoms with E-state index in [0.29, 0.717) is 16.5 Å². The predicted molar refractivity (Wildman–Crippen MR) is 100 cm³/mol. The first kappa shape index (κ1) is 19.5. The highest BCUT2D eigenvalue weighted by Gasteiger charge is 2.19. The Morgan fingerprint density at radius 3 is 2.52 bits per heavy atom. The molecule has 134 valence electrons. The zero-order valence-electron chi connectivity index (χ0n) is 14.4. The van der Waals surface area contributed by atoms with E-state index in [4.69, 9.17) is 25.4 Å². The van der Waals surface area contributed by atoms with Crippen LogP contribution in [0.3, 0.4) is 0 Å². The van der Waals surface area contributed by atoms with Crippen molar-refractivity contribution in [1.82, 2.24) is 5.09 Å². The quantitative estimate of drug-likeness (QED) is 0.522. The number of esters is 1. The normalized spacial score (nSPS) is 11.9. The third-order valence-corrected chi connectivity index (χ3v) is 4.37. The summed E-state index contributed by atoms with van der Waals surface area (Å²) in [6, 6.07) is 14.7. The van der Waals surface area contributed by atoms with Gasteiger partial charge in [-0.25, -0.2) is 5.09 Å². The van der Waals surface area contributed by atoms with Gasteiger partial charge < -0.3 is 13.8 Å². The average Bonchev–Trinajstić information content (AvgIpc) is 2.55. The van der Waals surface area contributed by atoms with Gasteiger partial charge in [-0.1, -0.05) is 35.9 Å². The van der Waals surface area contributed by atoms with Crippen molar-refractivity contribution in [1.29, 1.82) is 0 Å². The van der Waals surface area contributed by atoms with Crippen molar-refractivity contribution in [2.24, 2.45) is 0 Å². The fourth-order valence-corrected chi connectivity index (χ4v) is 3.27. The molecule has 0 aliphatic heterocycles. The van der Waals surface area contributed by atoms with Crippen LogP contribution in [0.15, 0.2) is 48.5 Å². The number of hydrogen-bond acceptors (Lipinski definition) is 5. The monoisotopic (exact) mass is 381 g/mol. The first-order valence-electron chi connectivity index (χ1n) is 7.84. The van der Waals surface area contributed by atoms with Crippen molar-refractivity contribution in [3.63, 3.8) is 0 Å². The number of halogens is 1. The molecule has 5 nitrogen and oxygen atoms in total. The molecule has 1 atom stereocenters. The number of carbonyl (C=O) groups is 1. The maximum atomic E-state index is 11.8. The molecule has 2 aromatic rings. The minimum absolute atomic E-state index is 0.0276. The molecule has 1 N–H and O–H groups in total. The lowest BCUT2D eigenvalue weighted by Crippen LogP contribution is -2.26. The van der Waals surface area contributed by atoms with E-state index in [1.807, 2.05) is 43.3 Å². The molecule has 0 spiro atoms. The fourth-order valence-electron chi connectivity index (χ4n) is 1.86. The van der Waals surface area contributed by atoms with E-state index in [0.717, 1.165) is 5.56 Å². The molecule has 0 radical (unpaired) electrons. The molecular weight excluding hydrogens is 361 g/mol. The summed E-state index contributed by atoms with van der Waals surface area (Å²) in [7, 11) is -1.63. The van der Waals surface area contributed by atoms with Crippen LogP contribution in [0.25, 0.3) is 0 Å². The molecule has 0 bridgehead atoms. The van der Waals surface area contributed by atoms with Gasteiger partial charge in [0.25, 0.3) is 0 Å². The standard InChI is InChI=1S/C18H21ClNO4P/c1-13(2)22-18(21)12-20-25(23-15-7-5-4-6-8-15)24-17-10-9-14(3)11-16(17)19/h4-11,13,20H,12H2,1-3H3. The second kappa shape index (κ2) is 9.62. The van der Waals surface area contributed by atoms with Crippen LogP contribution in [0.5, 0.6) is 11.5 Å². The van der Waals surface area contributed by atoms with E-state index in [2.05, 4.69) is 5.09 Å². The molecule has 2 aromatic carbocycles. The first-order valence-corrected chi connectivity index (χ1v) is 9.40. The molecule has 0 aliphatic carbocycles. The highest BCUT2D eigenvalue weighted by molar-refractivity contribution is 7.45. The van der Waals surface area contributed by atoms with Crippen LogP contribution < -0.4 is 14.1 Å². The van der Waals surface area contributed by atoms with Crippen LogP contribution in [0.1, 0.15) is 19.4 Å². The predicted octanol–water partition coefficient (Wildman–Crippen LogP) is 4.87. The number of para-hydroxylation sites is 1. The number of benzene rings is 2. The van der Waals surface area contributed by atoms with E-state index in [1.165, 1.54) is 0 Å². The SMILES string of the molecule is Cc1ccc(OP(NCC(=O)OC(C)C)Oc2ccccc2)c(Cl)c1. The maximum Gasteiger partial charge on any atom is 0.382 e. The van der Waals surface area contributed by atoms with Crippen LogP contribution in [-0.2, 0) is 9.53 Å². The molecule has 0 saturated carbocycles. The second-order valence-electron chi connectivity index (χ2n) is 5.56. The topological polar surface area (TPSA) is 56.8 Å². The highest BCUT2D eigenvalue weighted by atomic mass is 35.5. The van der Waals surface area contributed by atoms with Crippen molar-refractivity contribution in [3.05, 3.63) is 59.1 Å². The van der Waals surface area contributed by atoms with Gasteiger partial charge in [-0.3, -0.25) is 4.79 Å². The molecule has 0 fully saturated rings. The summed E-state index contributed by atoms with van der Waals surface area (Å²) in [5.41, 5.74) is 1.03. The molecule has 25 heavy (non-hydrogen) atoms. The van der Waals surface area contributed by atoms with E-state index < -0.39 is 8.53 Å². The molecular formula is C18H21ClNO4P. The van der Waals surface area contributed by atoms with Gasteiger partial charge in [-0.05, 0) is 50.6 Å². The lowest BCUT2D eigenvalue weighted by Gasteiger charge is -2.19. The largest absolute Gasteiger partial charge is 0.462 e. The highest BCUT2D eigenvalue weighted by Crippen LogP contribution is 2.39. The van der Waals surface area contributed by atoms with Gasteiger partial charge in [-0.15, -0.1) is 0 Å². The third kappa shape index (κ3) is 6.91. The number of aryl methyl sites for hydroxylation is 1. The van der Waals surface area contributed by atoms with Gasteiger partial charge in [0.1, 0.15) is 18.0 Å². The van der Waals surface area contributed by atoms with Gasteiger partial charge >= 0.3 is 14.5 Å². The summed E-state index contributed by atoms with van der Waals surface area (Å²) in [5, 5.41) is 3.43. The minimum atomic E-state index is -1.63. The Balaban J connectivity index is 2.06. The summed E-state index contributed by atoms with van der Waals surface area (Å²) in [6.07, 6.45) is -0.178. The van der Waals surface area contributed by atoms with Crippen LogP contribution in [0.4, 0.5) is 0 Å². The molecule has 1 unspecified atom stereocenters. The Bertz CT molecular complexity index is 697. The first-order chi connectivity index (χ1) is 11.9. The number of ether oxygens (including phenoxy) is 1. The Morgan fingerprint density at radius 1 is 1.16 bits per heavy atom. The number of hydrogen-bond donors (Lipinski definition) is 1. The lowest BCUT2D eigenvalue weighted by atomic mass is 10.2. The van der Waals surface area contributed by atoms with Gasteiger partial charge in [0.15, 0.2) is 0 Å². The van der Waals surface area contributed by atoms with Gasteiger partial charge in [-0.2, -0.15) is 0 Å². The molecule has 0 amide bonds. The third-order valence-electron chi connectivity index (χ3n) is 2.92. The molecule has 0 aromatic heterocycles. The zero-order valence-corrected chi connectivity index (χ0v) is 16.0. The lowest BCUT2D eigenvalue weighted by molar-refractivity contribution is -0.145. The van der Waals surface area contributed by atoms with E-state index in [-0.39, 0.29) is 18.6 Å². The van der Waals surface area contributed by atoms with Crippen LogP contribution in [0.2, 0.25) is 5.02 Å². The van der Waals surface area contributed by atoms with Crippen LogP contribution >= 0.6 is 20.1 Å². The maximum absolute atomic E-state index is 11.8. The fraction of sp³-hybridized carbons (Fsp3) is 0.278. The molecule has 0 saturated heterocycles. The molecule has 0 heterocycles. The van der Waals surface area contributed by atoms with Crippen molar-refractivity contribution in [2.45, 2.75) is 26.9 Å². The summed E-state index contributed by atoms with van der Waals surface area (Å²) in [6.45, 7) is 5.51. The Hall–Kier alpha value is -1.81. The van der Waals surface area contributed by atoms with Gasteiger partial charge in [0, 0.05) is 0 Å². The molecule has 0 aliphatic rings. The number of nitrogens with one attached hydrogen (secondary N) is 1. The van der Waals surface area contributed by atoms with Gasteiger partial charge in [0.05, 0.1) is 11.1 Å². The average molecular weight is 382 g/mol. The van der Waals surface area contributed by atoms with E-state index in [9.17, 15) is 4.79 Å². The van der Waals surface area contributed by atoms with Crippen LogP contribution in [-0.4, -0.2) is 18.6 Å².